The van der Waals surface area contributed by atoms with E-state index in [9.17, 15) is 14.4 Å². The Morgan fingerprint density at radius 1 is 1.13 bits per heavy atom. The number of imide groups is 1. The Bertz CT molecular complexity index is 585. The largest absolute Gasteiger partial charge is 0.337 e. The third-order valence-corrected chi connectivity index (χ3v) is 4.65. The molecule has 1 saturated heterocycles. The summed E-state index contributed by atoms with van der Waals surface area (Å²) in [5.41, 5.74) is 1.89. The number of carbonyl (C=O) groups is 3. The minimum atomic E-state index is -0.625. The molecule has 124 valence electrons. The zero-order valence-corrected chi connectivity index (χ0v) is 14.6. The molecular weight excluding hydrogens is 334 g/mol. The van der Waals surface area contributed by atoms with Gasteiger partial charge in [-0.25, -0.2) is 4.79 Å². The van der Waals surface area contributed by atoms with Crippen LogP contribution in [-0.4, -0.2) is 27.4 Å². The molecule has 0 spiro atoms. The molecule has 1 atom stereocenters. The number of carbonyl (C=O) groups excluding carboxylic acids is 3. The van der Waals surface area contributed by atoms with Crippen molar-refractivity contribution < 1.29 is 19.2 Å². The molecule has 1 fully saturated rings. The van der Waals surface area contributed by atoms with Gasteiger partial charge < -0.3 is 4.84 Å². The Morgan fingerprint density at radius 2 is 1.65 bits per heavy atom. The third kappa shape index (κ3) is 5.00. The molecule has 7 heteroatoms. The van der Waals surface area contributed by atoms with Crippen molar-refractivity contribution in [3.8, 4) is 0 Å². The average Bonchev–Trinajstić information content (AvgIpc) is 2.81. The molecule has 1 aromatic rings. The summed E-state index contributed by atoms with van der Waals surface area (Å²) in [6.07, 6.45) is 1.04. The lowest BCUT2D eigenvalue weighted by Gasteiger charge is -2.14. The number of hydrogen-bond donors (Lipinski definition) is 2. The third-order valence-electron chi connectivity index (χ3n) is 3.64. The summed E-state index contributed by atoms with van der Waals surface area (Å²) in [5, 5.41) is 0.567. The maximum Gasteiger partial charge on any atom is 0.337 e. The Morgan fingerprint density at radius 3 is 2.17 bits per heavy atom. The molecule has 2 amide bonds. The van der Waals surface area contributed by atoms with Crippen molar-refractivity contribution in [1.82, 2.24) is 5.06 Å². The van der Waals surface area contributed by atoms with Crippen LogP contribution in [0.3, 0.4) is 0 Å². The fraction of sp³-hybridized carbons (Fsp3) is 0.438. The summed E-state index contributed by atoms with van der Waals surface area (Å²) < 4.78 is 0.0141. The first-order valence-electron chi connectivity index (χ1n) is 7.37. The van der Waals surface area contributed by atoms with Crippen LogP contribution in [0.25, 0.3) is 0 Å². The first-order chi connectivity index (χ1) is 10.9. The van der Waals surface area contributed by atoms with Crippen LogP contribution in [0.2, 0.25) is 0 Å². The van der Waals surface area contributed by atoms with Crippen LogP contribution in [0.5, 0.6) is 0 Å². The predicted molar refractivity (Wildman–Crippen MR) is 92.0 cm³/mol. The first kappa shape index (κ1) is 17.9. The number of rotatable bonds is 6. The SMILES string of the molecule is CC(Cc1ccc(CC(=O)ON2C(=O)CCC2=O)cc1)C(S)S. The van der Waals surface area contributed by atoms with Crippen LogP contribution in [0.15, 0.2) is 24.3 Å². The van der Waals surface area contributed by atoms with Crippen LogP contribution >= 0.6 is 25.3 Å². The van der Waals surface area contributed by atoms with Crippen LogP contribution in [-0.2, 0) is 32.1 Å². The molecule has 1 aliphatic heterocycles. The molecule has 5 nitrogen and oxygen atoms in total. The molecule has 0 saturated carbocycles. The lowest BCUT2D eigenvalue weighted by molar-refractivity contribution is -0.197. The second kappa shape index (κ2) is 7.88. The minimum Gasteiger partial charge on any atom is -0.330 e. The van der Waals surface area contributed by atoms with Gasteiger partial charge in [0.15, 0.2) is 0 Å². The first-order valence-corrected chi connectivity index (χ1v) is 8.40. The molecule has 1 unspecified atom stereocenters. The van der Waals surface area contributed by atoms with Crippen molar-refractivity contribution in [3.05, 3.63) is 35.4 Å². The van der Waals surface area contributed by atoms with E-state index >= 15 is 0 Å². The van der Waals surface area contributed by atoms with Gasteiger partial charge in [0.1, 0.15) is 0 Å². The summed E-state index contributed by atoms with van der Waals surface area (Å²) in [4.78, 5) is 39.4. The normalized spacial score (nSPS) is 16.1. The van der Waals surface area contributed by atoms with Crippen molar-refractivity contribution in [2.75, 3.05) is 0 Å². The van der Waals surface area contributed by atoms with Crippen LogP contribution in [0.4, 0.5) is 0 Å². The van der Waals surface area contributed by atoms with E-state index in [2.05, 4.69) is 32.2 Å². The highest BCUT2D eigenvalue weighted by Crippen LogP contribution is 2.19. The van der Waals surface area contributed by atoms with Gasteiger partial charge in [-0.2, -0.15) is 25.3 Å². The molecule has 23 heavy (non-hydrogen) atoms. The summed E-state index contributed by atoms with van der Waals surface area (Å²) in [6, 6.07) is 7.55. The van der Waals surface area contributed by atoms with Gasteiger partial charge in [-0.05, 0) is 23.5 Å². The van der Waals surface area contributed by atoms with Crippen LogP contribution in [0, 0.1) is 5.92 Å². The van der Waals surface area contributed by atoms with E-state index in [0.717, 1.165) is 17.5 Å². The van der Waals surface area contributed by atoms with E-state index in [1.165, 1.54) is 0 Å². The van der Waals surface area contributed by atoms with E-state index in [1.54, 1.807) is 0 Å². The maximum absolute atomic E-state index is 11.8. The van der Waals surface area contributed by atoms with Crippen molar-refractivity contribution in [1.29, 1.82) is 0 Å². The number of hydrogen-bond acceptors (Lipinski definition) is 6. The van der Waals surface area contributed by atoms with Gasteiger partial charge in [0.25, 0.3) is 11.8 Å². The molecular formula is C16H19NO4S2. The van der Waals surface area contributed by atoms with Gasteiger partial charge >= 0.3 is 5.97 Å². The smallest absolute Gasteiger partial charge is 0.330 e. The average molecular weight is 353 g/mol. The van der Waals surface area contributed by atoms with E-state index in [-0.39, 0.29) is 23.8 Å². The highest BCUT2D eigenvalue weighted by Gasteiger charge is 2.32. The lowest BCUT2D eigenvalue weighted by Crippen LogP contribution is -2.32. The van der Waals surface area contributed by atoms with Gasteiger partial charge in [-0.15, -0.1) is 5.06 Å². The second-order valence-corrected chi connectivity index (χ2v) is 7.15. The van der Waals surface area contributed by atoms with Crippen molar-refractivity contribution >= 4 is 43.0 Å². The molecule has 1 aromatic carbocycles. The molecule has 0 aromatic heterocycles. The van der Waals surface area contributed by atoms with Crippen molar-refractivity contribution in [2.45, 2.75) is 37.2 Å². The molecule has 0 bridgehead atoms. The zero-order valence-electron chi connectivity index (χ0n) is 12.8. The zero-order chi connectivity index (χ0) is 17.0. The maximum atomic E-state index is 11.8. The minimum absolute atomic E-state index is 0.00859. The topological polar surface area (TPSA) is 63.7 Å². The van der Waals surface area contributed by atoms with Gasteiger partial charge in [0.2, 0.25) is 0 Å². The van der Waals surface area contributed by atoms with Gasteiger partial charge in [0.05, 0.1) is 6.42 Å². The highest BCUT2D eigenvalue weighted by molar-refractivity contribution is 7.99. The second-order valence-electron chi connectivity index (χ2n) is 5.63. The summed E-state index contributed by atoms with van der Waals surface area (Å²) in [7, 11) is 0. The predicted octanol–water partition coefficient (Wildman–Crippen LogP) is 2.20. The number of amides is 2. The number of thiol groups is 2. The molecule has 0 radical (unpaired) electrons. The van der Waals surface area contributed by atoms with Gasteiger partial charge in [-0.1, -0.05) is 31.2 Å². The molecule has 0 N–H and O–H groups in total. The lowest BCUT2D eigenvalue weighted by atomic mass is 10.0. The molecule has 1 aliphatic rings. The van der Waals surface area contributed by atoms with Crippen molar-refractivity contribution in [3.63, 3.8) is 0 Å². The Kier molecular flexibility index (Phi) is 6.12. The Labute approximate surface area is 146 Å². The summed E-state index contributed by atoms with van der Waals surface area (Å²) in [6.45, 7) is 2.07. The summed E-state index contributed by atoms with van der Waals surface area (Å²) in [5.74, 6) is -1.24. The van der Waals surface area contributed by atoms with Gasteiger partial charge in [-0.3, -0.25) is 9.59 Å². The quantitative estimate of drug-likeness (QED) is 0.468. The monoisotopic (exact) mass is 353 g/mol. The molecule has 2 rings (SSSR count). The fourth-order valence-corrected chi connectivity index (χ4v) is 2.44. The fourth-order valence-electron chi connectivity index (χ4n) is 2.23. The van der Waals surface area contributed by atoms with Gasteiger partial charge in [0, 0.05) is 17.4 Å². The van der Waals surface area contributed by atoms with E-state index in [1.807, 2.05) is 24.3 Å². The number of benzene rings is 1. The highest BCUT2D eigenvalue weighted by atomic mass is 32.2. The Hall–Kier alpha value is -1.47. The van der Waals surface area contributed by atoms with E-state index < -0.39 is 17.8 Å². The van der Waals surface area contributed by atoms with Crippen molar-refractivity contribution in [2.24, 2.45) is 5.92 Å². The number of hydroxylamine groups is 2. The Balaban J connectivity index is 1.89. The van der Waals surface area contributed by atoms with Crippen LogP contribution < -0.4 is 0 Å². The van der Waals surface area contributed by atoms with Crippen LogP contribution in [0.1, 0.15) is 30.9 Å². The standard InChI is InChI=1S/C16H19NO4S2/c1-10(16(22)23)8-11-2-4-12(5-3-11)9-15(20)21-17-13(18)6-7-14(17)19/h2-5,10,16,22-23H,6-9H2,1H3. The van der Waals surface area contributed by atoms with E-state index in [0.29, 0.717) is 11.0 Å². The molecule has 0 aliphatic carbocycles. The molecule has 1 heterocycles. The number of nitrogens with zero attached hydrogens (tertiary/aromatic N) is 1. The summed E-state index contributed by atoms with van der Waals surface area (Å²) >= 11 is 8.60. The van der Waals surface area contributed by atoms with E-state index in [4.69, 9.17) is 4.84 Å².